The van der Waals surface area contributed by atoms with Crippen LogP contribution in [0.5, 0.6) is 5.75 Å². The number of rotatable bonds is 8. The van der Waals surface area contributed by atoms with Gasteiger partial charge >= 0.3 is 0 Å². The predicted octanol–water partition coefficient (Wildman–Crippen LogP) is 4.45. The fourth-order valence-corrected chi connectivity index (χ4v) is 2.12. The van der Waals surface area contributed by atoms with Crippen molar-refractivity contribution in [3.8, 4) is 5.75 Å². The Bertz CT molecular complexity index is 537. The average Bonchev–Trinajstić information content (AvgIpc) is 2.51. The van der Waals surface area contributed by atoms with Crippen LogP contribution in [0.15, 0.2) is 48.5 Å². The van der Waals surface area contributed by atoms with Crippen molar-refractivity contribution in [3.63, 3.8) is 0 Å². The third-order valence-electron chi connectivity index (χ3n) is 3.32. The first-order chi connectivity index (χ1) is 10.3. The van der Waals surface area contributed by atoms with Crippen LogP contribution in [0.1, 0.15) is 31.7 Å². The van der Waals surface area contributed by atoms with Gasteiger partial charge in [0.15, 0.2) is 0 Å². The summed E-state index contributed by atoms with van der Waals surface area (Å²) in [4.78, 5) is 0. The molecule has 0 aliphatic rings. The van der Waals surface area contributed by atoms with Crippen LogP contribution in [-0.2, 0) is 6.54 Å². The number of ether oxygens (including phenoxy) is 1. The van der Waals surface area contributed by atoms with Crippen LogP contribution in [0.3, 0.4) is 0 Å². The number of unbranched alkanes of at least 4 members (excludes halogenated alkanes) is 2. The Morgan fingerprint density at radius 2 is 1.86 bits per heavy atom. The third kappa shape index (κ3) is 5.38. The highest BCUT2D eigenvalue weighted by atomic mass is 16.5. The molecular weight excluding hydrogens is 260 g/mol. The summed E-state index contributed by atoms with van der Waals surface area (Å²) in [7, 11) is 0. The smallest absolute Gasteiger partial charge is 0.119 e. The van der Waals surface area contributed by atoms with Crippen molar-refractivity contribution in [3.05, 3.63) is 54.1 Å². The zero-order chi connectivity index (χ0) is 14.9. The molecule has 2 rings (SSSR count). The molecule has 0 atom stereocenters. The number of nitrogen functional groups attached to an aromatic ring is 1. The molecule has 0 aromatic heterocycles. The van der Waals surface area contributed by atoms with E-state index >= 15 is 0 Å². The maximum atomic E-state index is 5.77. The summed E-state index contributed by atoms with van der Waals surface area (Å²) in [6.45, 7) is 3.76. The summed E-state index contributed by atoms with van der Waals surface area (Å²) in [5.41, 5.74) is 8.83. The molecule has 21 heavy (non-hydrogen) atoms. The molecule has 3 N–H and O–H groups in total. The van der Waals surface area contributed by atoms with Crippen molar-refractivity contribution < 1.29 is 4.74 Å². The van der Waals surface area contributed by atoms with Gasteiger partial charge in [0.2, 0.25) is 0 Å². The summed E-state index contributed by atoms with van der Waals surface area (Å²) >= 11 is 0. The quantitative estimate of drug-likeness (QED) is 0.556. The molecule has 0 unspecified atom stereocenters. The number of hydrogen-bond acceptors (Lipinski definition) is 3. The monoisotopic (exact) mass is 284 g/mol. The number of nitrogens with two attached hydrogens (primary N) is 1. The standard InChI is InChI=1S/C18H24N2O/c1-2-3-4-12-21-18-10-8-17(9-11-18)20-14-15-6-5-7-16(19)13-15/h5-11,13,20H,2-4,12,14,19H2,1H3. The molecule has 3 heteroatoms. The first kappa shape index (κ1) is 15.2. The lowest BCUT2D eigenvalue weighted by Gasteiger charge is -2.09. The maximum absolute atomic E-state index is 5.77. The predicted molar refractivity (Wildman–Crippen MR) is 89.6 cm³/mol. The first-order valence-electron chi connectivity index (χ1n) is 7.59. The number of benzene rings is 2. The Balaban J connectivity index is 1.79. The van der Waals surface area contributed by atoms with E-state index in [1.165, 1.54) is 18.4 Å². The van der Waals surface area contributed by atoms with E-state index < -0.39 is 0 Å². The summed E-state index contributed by atoms with van der Waals surface area (Å²) in [6.07, 6.45) is 3.56. The average molecular weight is 284 g/mol. The fraction of sp³-hybridized carbons (Fsp3) is 0.333. The molecule has 3 nitrogen and oxygen atoms in total. The normalized spacial score (nSPS) is 10.3. The van der Waals surface area contributed by atoms with Gasteiger partial charge in [-0.3, -0.25) is 0 Å². The molecule has 0 spiro atoms. The van der Waals surface area contributed by atoms with Crippen LogP contribution < -0.4 is 15.8 Å². The lowest BCUT2D eigenvalue weighted by Crippen LogP contribution is -2.00. The lowest BCUT2D eigenvalue weighted by atomic mass is 10.2. The van der Waals surface area contributed by atoms with Crippen molar-refractivity contribution in [1.29, 1.82) is 0 Å². The highest BCUT2D eigenvalue weighted by Crippen LogP contribution is 2.17. The minimum Gasteiger partial charge on any atom is -0.494 e. The Morgan fingerprint density at radius 1 is 1.05 bits per heavy atom. The zero-order valence-electron chi connectivity index (χ0n) is 12.6. The molecule has 0 fully saturated rings. The van der Waals surface area contributed by atoms with E-state index in [2.05, 4.69) is 18.3 Å². The van der Waals surface area contributed by atoms with Gasteiger partial charge < -0.3 is 15.8 Å². The molecule has 0 heterocycles. The van der Waals surface area contributed by atoms with Crippen LogP contribution in [-0.4, -0.2) is 6.61 Å². The van der Waals surface area contributed by atoms with E-state index in [4.69, 9.17) is 10.5 Å². The van der Waals surface area contributed by atoms with Crippen LogP contribution in [0, 0.1) is 0 Å². The minimum absolute atomic E-state index is 0.766. The molecule has 0 aliphatic carbocycles. The van der Waals surface area contributed by atoms with Crippen LogP contribution >= 0.6 is 0 Å². The highest BCUT2D eigenvalue weighted by molar-refractivity contribution is 5.48. The minimum atomic E-state index is 0.766. The van der Waals surface area contributed by atoms with Crippen molar-refractivity contribution in [2.45, 2.75) is 32.7 Å². The van der Waals surface area contributed by atoms with Gasteiger partial charge in [0.25, 0.3) is 0 Å². The SMILES string of the molecule is CCCCCOc1ccc(NCc2cccc(N)c2)cc1. The molecule has 0 bridgehead atoms. The Labute approximate surface area is 127 Å². The van der Waals surface area contributed by atoms with Crippen molar-refractivity contribution >= 4 is 11.4 Å². The van der Waals surface area contributed by atoms with E-state index in [0.717, 1.165) is 36.7 Å². The topological polar surface area (TPSA) is 47.3 Å². The van der Waals surface area contributed by atoms with E-state index in [1.54, 1.807) is 0 Å². The first-order valence-corrected chi connectivity index (χ1v) is 7.59. The second-order valence-electron chi connectivity index (χ2n) is 5.18. The molecule has 0 radical (unpaired) electrons. The Morgan fingerprint density at radius 3 is 2.57 bits per heavy atom. The summed E-state index contributed by atoms with van der Waals surface area (Å²) in [5.74, 6) is 0.931. The third-order valence-corrected chi connectivity index (χ3v) is 3.32. The number of anilines is 2. The number of hydrogen-bond donors (Lipinski definition) is 2. The molecular formula is C18H24N2O. The Hall–Kier alpha value is -2.16. The van der Waals surface area contributed by atoms with E-state index in [0.29, 0.717) is 0 Å². The molecule has 0 saturated heterocycles. The molecule has 0 amide bonds. The van der Waals surface area contributed by atoms with Crippen molar-refractivity contribution in [1.82, 2.24) is 0 Å². The Kier molecular flexibility index (Phi) is 5.95. The van der Waals surface area contributed by atoms with Crippen molar-refractivity contribution in [2.75, 3.05) is 17.7 Å². The van der Waals surface area contributed by atoms with E-state index in [-0.39, 0.29) is 0 Å². The summed E-state index contributed by atoms with van der Waals surface area (Å²) in [6, 6.07) is 16.0. The van der Waals surface area contributed by atoms with Crippen LogP contribution in [0.4, 0.5) is 11.4 Å². The maximum Gasteiger partial charge on any atom is 0.119 e. The van der Waals surface area contributed by atoms with Gasteiger partial charge in [-0.25, -0.2) is 0 Å². The largest absolute Gasteiger partial charge is 0.494 e. The van der Waals surface area contributed by atoms with Gasteiger partial charge in [-0.2, -0.15) is 0 Å². The van der Waals surface area contributed by atoms with Gasteiger partial charge in [-0.1, -0.05) is 31.9 Å². The zero-order valence-corrected chi connectivity index (χ0v) is 12.6. The summed E-state index contributed by atoms with van der Waals surface area (Å²) in [5, 5.41) is 3.38. The molecule has 2 aromatic carbocycles. The van der Waals surface area contributed by atoms with Gasteiger partial charge in [-0.15, -0.1) is 0 Å². The van der Waals surface area contributed by atoms with E-state index in [1.807, 2.05) is 42.5 Å². The lowest BCUT2D eigenvalue weighted by molar-refractivity contribution is 0.306. The van der Waals surface area contributed by atoms with E-state index in [9.17, 15) is 0 Å². The van der Waals surface area contributed by atoms with Crippen molar-refractivity contribution in [2.24, 2.45) is 0 Å². The molecule has 0 saturated carbocycles. The van der Waals surface area contributed by atoms with Gasteiger partial charge in [0.05, 0.1) is 6.61 Å². The fourth-order valence-electron chi connectivity index (χ4n) is 2.12. The van der Waals surface area contributed by atoms with Crippen LogP contribution in [0.2, 0.25) is 0 Å². The second-order valence-corrected chi connectivity index (χ2v) is 5.18. The molecule has 0 aliphatic heterocycles. The van der Waals surface area contributed by atoms with Gasteiger partial charge in [-0.05, 0) is 48.4 Å². The molecule has 112 valence electrons. The van der Waals surface area contributed by atoms with Gasteiger partial charge in [0, 0.05) is 17.9 Å². The van der Waals surface area contributed by atoms with Gasteiger partial charge in [0.1, 0.15) is 5.75 Å². The highest BCUT2D eigenvalue weighted by Gasteiger charge is 1.97. The molecule has 2 aromatic rings. The second kappa shape index (κ2) is 8.20. The summed E-state index contributed by atoms with van der Waals surface area (Å²) < 4.78 is 5.70. The number of nitrogens with one attached hydrogen (secondary N) is 1. The van der Waals surface area contributed by atoms with Crippen LogP contribution in [0.25, 0.3) is 0 Å².